The van der Waals surface area contributed by atoms with Gasteiger partial charge >= 0.3 is 12.1 Å². The molecule has 0 saturated carbocycles. The molecular weight excluding hydrogens is 758 g/mol. The summed E-state index contributed by atoms with van der Waals surface area (Å²) < 4.78 is 49.7. The lowest BCUT2D eigenvalue weighted by molar-refractivity contribution is -0.807. The SMILES string of the molecule is Cc1noc(C)c1C1(c2ccccc2C(F)(F)F)C=CC2=C(C1)[N+](C)(C)C(C(=O)N(c1ccc(Cl)cc1-c1nn[nH]n1)c1ccc(Cl)cc1-c1nn[nH]n1)=C2. The predicted octanol–water partition coefficient (Wildman–Crippen LogP) is 7.82. The normalized spacial score (nSPS) is 17.7. The molecular formula is C37H29Cl2F3N11O2+. The van der Waals surface area contributed by atoms with Crippen molar-refractivity contribution >= 4 is 40.5 Å². The smallest absolute Gasteiger partial charge is 0.361 e. The molecule has 3 aromatic heterocycles. The number of anilines is 2. The first kappa shape index (κ1) is 36.0. The number of tetrazole rings is 2. The number of aryl methyl sites for hydroxylation is 2. The Morgan fingerprint density at radius 3 is 2.04 bits per heavy atom. The first-order chi connectivity index (χ1) is 26.2. The molecule has 13 nitrogen and oxygen atoms in total. The Labute approximate surface area is 320 Å². The highest BCUT2D eigenvalue weighted by Gasteiger charge is 2.52. The summed E-state index contributed by atoms with van der Waals surface area (Å²) in [6.45, 7) is 3.40. The number of nitrogens with one attached hydrogen (secondary N) is 2. The molecule has 8 rings (SSSR count). The van der Waals surface area contributed by atoms with E-state index in [9.17, 15) is 13.2 Å². The average molecular weight is 788 g/mol. The van der Waals surface area contributed by atoms with Gasteiger partial charge in [0.2, 0.25) is 17.3 Å². The number of aromatic amines is 2. The molecule has 0 fully saturated rings. The van der Waals surface area contributed by atoms with Gasteiger partial charge in [0.15, 0.2) is 0 Å². The number of alkyl halides is 3. The lowest BCUT2D eigenvalue weighted by Crippen LogP contribution is -2.45. The average Bonchev–Trinajstić information content (AvgIpc) is 3.98. The van der Waals surface area contributed by atoms with E-state index < -0.39 is 23.1 Å². The number of quaternary nitrogens is 1. The van der Waals surface area contributed by atoms with E-state index >= 15 is 4.79 Å². The van der Waals surface area contributed by atoms with Gasteiger partial charge < -0.3 is 4.52 Å². The van der Waals surface area contributed by atoms with Crippen LogP contribution in [0.15, 0.2) is 100 Å². The second-order valence-electron chi connectivity index (χ2n) is 13.5. The van der Waals surface area contributed by atoms with Gasteiger partial charge in [0.25, 0.3) is 0 Å². The highest BCUT2D eigenvalue weighted by atomic mass is 35.5. The third-order valence-electron chi connectivity index (χ3n) is 10.1. The van der Waals surface area contributed by atoms with Gasteiger partial charge in [0, 0.05) is 44.8 Å². The van der Waals surface area contributed by atoms with E-state index in [1.165, 1.54) is 17.0 Å². The summed E-state index contributed by atoms with van der Waals surface area (Å²) in [5.74, 6) is 0.209. The number of carbonyl (C=O) groups excluding carboxylic acids is 1. The Hall–Kier alpha value is -5.97. The van der Waals surface area contributed by atoms with Crippen molar-refractivity contribution in [3.63, 3.8) is 0 Å². The number of H-pyrrole nitrogens is 2. The molecule has 0 saturated heterocycles. The topological polar surface area (TPSA) is 155 Å². The maximum absolute atomic E-state index is 15.5. The van der Waals surface area contributed by atoms with Crippen LogP contribution in [0, 0.1) is 13.8 Å². The summed E-state index contributed by atoms with van der Waals surface area (Å²) >= 11 is 13.0. The number of hydrogen-bond acceptors (Lipinski definition) is 9. The van der Waals surface area contributed by atoms with Gasteiger partial charge in [-0.25, -0.2) is 0 Å². The van der Waals surface area contributed by atoms with Gasteiger partial charge in [0.05, 0.1) is 42.1 Å². The molecule has 0 bridgehead atoms. The third-order valence-corrected chi connectivity index (χ3v) is 10.6. The van der Waals surface area contributed by atoms with Crippen molar-refractivity contribution < 1.29 is 27.0 Å². The number of benzene rings is 3. The molecule has 3 aromatic carbocycles. The summed E-state index contributed by atoms with van der Waals surface area (Å²) in [6.07, 6.45) is 0.685. The quantitative estimate of drug-likeness (QED) is 0.154. The van der Waals surface area contributed by atoms with Gasteiger partial charge in [-0.05, 0) is 72.3 Å². The predicted molar refractivity (Wildman–Crippen MR) is 196 cm³/mol. The molecule has 0 spiro atoms. The number of aromatic nitrogens is 9. The summed E-state index contributed by atoms with van der Waals surface area (Å²) in [4.78, 5) is 17.0. The molecule has 55 heavy (non-hydrogen) atoms. The second kappa shape index (κ2) is 13.1. The van der Waals surface area contributed by atoms with E-state index in [0.717, 1.165) is 6.07 Å². The summed E-state index contributed by atoms with van der Waals surface area (Å²) in [5, 5.41) is 33.8. The van der Waals surface area contributed by atoms with Crippen molar-refractivity contribution in [2.24, 2.45) is 0 Å². The van der Waals surface area contributed by atoms with Crippen molar-refractivity contribution in [3.8, 4) is 22.8 Å². The maximum Gasteiger partial charge on any atom is 0.416 e. The molecule has 1 aliphatic heterocycles. The Balaban J connectivity index is 1.29. The Bertz CT molecular complexity index is 2480. The minimum Gasteiger partial charge on any atom is -0.361 e. The summed E-state index contributed by atoms with van der Waals surface area (Å²) in [7, 11) is 3.64. The van der Waals surface area contributed by atoms with E-state index in [4.69, 9.17) is 27.7 Å². The van der Waals surface area contributed by atoms with Crippen molar-refractivity contribution in [3.05, 3.63) is 134 Å². The maximum atomic E-state index is 15.5. The van der Waals surface area contributed by atoms with Crippen LogP contribution in [-0.2, 0) is 16.4 Å². The van der Waals surface area contributed by atoms with E-state index in [2.05, 4.69) is 46.4 Å². The lowest BCUT2D eigenvalue weighted by atomic mass is 9.66. The molecule has 1 amide bonds. The van der Waals surface area contributed by atoms with Gasteiger partial charge in [0.1, 0.15) is 11.5 Å². The number of allylic oxidation sites excluding steroid dienone is 5. The summed E-state index contributed by atoms with van der Waals surface area (Å²) in [6, 6.07) is 15.3. The van der Waals surface area contributed by atoms with Crippen molar-refractivity contribution in [1.82, 2.24) is 46.4 Å². The van der Waals surface area contributed by atoms with Crippen molar-refractivity contribution in [2.75, 3.05) is 19.0 Å². The van der Waals surface area contributed by atoms with E-state index in [1.807, 2.05) is 14.1 Å². The molecule has 1 atom stereocenters. The Morgan fingerprint density at radius 2 is 1.51 bits per heavy atom. The van der Waals surface area contributed by atoms with Gasteiger partial charge in [-0.1, -0.05) is 58.7 Å². The minimum atomic E-state index is -4.66. The number of nitrogens with zero attached hydrogens (tertiary/aromatic N) is 9. The van der Waals surface area contributed by atoms with Crippen LogP contribution < -0.4 is 4.90 Å². The van der Waals surface area contributed by atoms with Crippen LogP contribution in [-0.4, -0.2) is 70.9 Å². The van der Waals surface area contributed by atoms with Gasteiger partial charge in [-0.3, -0.25) is 14.2 Å². The molecule has 0 radical (unpaired) electrons. The molecule has 6 aromatic rings. The number of hydrogen-bond donors (Lipinski definition) is 2. The van der Waals surface area contributed by atoms with Crippen LogP contribution in [0.2, 0.25) is 10.0 Å². The molecule has 18 heteroatoms. The number of rotatable bonds is 7. The number of amides is 1. The van der Waals surface area contributed by atoms with Crippen molar-refractivity contribution in [2.45, 2.75) is 31.9 Å². The van der Waals surface area contributed by atoms with Crippen molar-refractivity contribution in [1.29, 1.82) is 0 Å². The fourth-order valence-corrected chi connectivity index (χ4v) is 8.01. The van der Waals surface area contributed by atoms with E-state index in [1.54, 1.807) is 74.5 Å². The fraction of sp³-hybridized carbons (Fsp3) is 0.189. The lowest BCUT2D eigenvalue weighted by Gasteiger charge is -2.40. The monoisotopic (exact) mass is 786 g/mol. The number of halogens is 5. The van der Waals surface area contributed by atoms with E-state index in [-0.39, 0.29) is 33.8 Å². The zero-order chi connectivity index (χ0) is 38.9. The van der Waals surface area contributed by atoms with Crippen LogP contribution >= 0.6 is 23.2 Å². The van der Waals surface area contributed by atoms with Gasteiger partial charge in [-0.15, -0.1) is 20.4 Å². The largest absolute Gasteiger partial charge is 0.416 e. The zero-order valence-electron chi connectivity index (χ0n) is 29.4. The van der Waals surface area contributed by atoms with Gasteiger partial charge in [-0.2, -0.15) is 23.6 Å². The molecule has 278 valence electrons. The molecule has 1 unspecified atom stereocenters. The molecule has 1 aliphatic carbocycles. The third kappa shape index (κ3) is 5.93. The highest BCUT2D eigenvalue weighted by molar-refractivity contribution is 6.31. The van der Waals surface area contributed by atoms with Crippen LogP contribution in [0.3, 0.4) is 0 Å². The molecule has 4 heterocycles. The van der Waals surface area contributed by atoms with Crippen LogP contribution in [0.4, 0.5) is 24.5 Å². The van der Waals surface area contributed by atoms with Crippen LogP contribution in [0.1, 0.15) is 34.6 Å². The van der Waals surface area contributed by atoms with E-state index in [0.29, 0.717) is 60.8 Å². The Kier molecular flexibility index (Phi) is 8.59. The molecule has 2 aliphatic rings. The second-order valence-corrected chi connectivity index (χ2v) is 14.4. The highest BCUT2D eigenvalue weighted by Crippen LogP contribution is 2.53. The zero-order valence-corrected chi connectivity index (χ0v) is 31.0. The first-order valence-corrected chi connectivity index (χ1v) is 17.5. The standard InChI is InChI=1S/C37H29Cl2F3N11O2/c1-19-32(20(2)55-47-19)36(26-7-5-6-8-27(26)37(40,41)42)14-13-21-15-30(53(3,4)31(21)18-36)35(54)52(28-11-9-22(38)16-24(28)33-43-48-49-44-33)29-12-10-23(39)17-25(29)34-45-50-51-46-34/h5-17H,18H2,1-4H3,(H,43,44,48,49)(H,45,46,50,51)/q+1. The molecule has 2 N–H and O–H groups in total. The van der Waals surface area contributed by atoms with Crippen LogP contribution in [0.25, 0.3) is 22.8 Å². The Morgan fingerprint density at radius 1 is 0.909 bits per heavy atom. The number of carbonyl (C=O) groups is 1. The van der Waals surface area contributed by atoms with Crippen LogP contribution in [0.5, 0.6) is 0 Å². The minimum absolute atomic E-state index is 0.0398. The number of likely N-dealkylation sites (N-methyl/N-ethyl adjacent to an activating group) is 1. The fourth-order valence-electron chi connectivity index (χ4n) is 7.67. The first-order valence-electron chi connectivity index (χ1n) is 16.7. The summed E-state index contributed by atoms with van der Waals surface area (Å²) in [5.41, 5.74) is 1.91.